The molecule has 1 aromatic carbocycles. The van der Waals surface area contributed by atoms with Crippen molar-refractivity contribution in [3.8, 4) is 0 Å². The Labute approximate surface area is 119 Å². The van der Waals surface area contributed by atoms with Crippen LogP contribution in [0.2, 0.25) is 0 Å². The highest BCUT2D eigenvalue weighted by atomic mass is 32.2. The second-order valence-corrected chi connectivity index (χ2v) is 6.98. The lowest BCUT2D eigenvalue weighted by Crippen LogP contribution is -2.34. The Balaban J connectivity index is 2.04. The van der Waals surface area contributed by atoms with Crippen LogP contribution in [0.15, 0.2) is 17.0 Å². The Kier molecular flexibility index (Phi) is 4.31. The van der Waals surface area contributed by atoms with E-state index in [1.54, 1.807) is 6.92 Å². The first-order chi connectivity index (χ1) is 9.31. The first-order valence-corrected chi connectivity index (χ1v) is 8.05. The molecule has 7 heteroatoms. The molecule has 0 spiro atoms. The number of anilines is 1. The number of hydrogen-bond donors (Lipinski definition) is 2. The molecule has 1 fully saturated rings. The summed E-state index contributed by atoms with van der Waals surface area (Å²) >= 11 is 0. The van der Waals surface area contributed by atoms with Gasteiger partial charge in [-0.2, -0.15) is 0 Å². The van der Waals surface area contributed by atoms with Crippen LogP contribution in [-0.2, 0) is 10.0 Å². The third-order valence-corrected chi connectivity index (χ3v) is 5.01. The maximum atomic E-state index is 13.8. The van der Waals surface area contributed by atoms with Gasteiger partial charge in [-0.15, -0.1) is 0 Å². The molecule has 0 atom stereocenters. The van der Waals surface area contributed by atoms with Crippen molar-refractivity contribution in [2.75, 3.05) is 25.9 Å². The van der Waals surface area contributed by atoms with Crippen LogP contribution < -0.4 is 10.5 Å². The molecule has 0 heterocycles. The minimum atomic E-state index is -3.86. The van der Waals surface area contributed by atoms with Crippen LogP contribution >= 0.6 is 0 Å². The SMILES string of the molecule is Cc1cc(F)c(S(=O)(=O)NCCN(C)C2CC2)cc1N. The van der Waals surface area contributed by atoms with Crippen LogP contribution in [0.1, 0.15) is 18.4 Å². The van der Waals surface area contributed by atoms with Crippen molar-refractivity contribution in [3.05, 3.63) is 23.5 Å². The summed E-state index contributed by atoms with van der Waals surface area (Å²) in [4.78, 5) is 1.71. The maximum absolute atomic E-state index is 13.8. The molecule has 2 rings (SSSR count). The van der Waals surface area contributed by atoms with Gasteiger partial charge in [-0.25, -0.2) is 17.5 Å². The Morgan fingerprint density at radius 1 is 1.45 bits per heavy atom. The number of nitrogen functional groups attached to an aromatic ring is 1. The van der Waals surface area contributed by atoms with Crippen molar-refractivity contribution in [3.63, 3.8) is 0 Å². The minimum absolute atomic E-state index is 0.253. The molecule has 0 aromatic heterocycles. The van der Waals surface area contributed by atoms with Crippen LogP contribution in [0.5, 0.6) is 0 Å². The first kappa shape index (κ1) is 15.2. The number of nitrogens with zero attached hydrogens (tertiary/aromatic N) is 1. The third kappa shape index (κ3) is 3.47. The van der Waals surface area contributed by atoms with Gasteiger partial charge in [-0.05, 0) is 44.5 Å². The van der Waals surface area contributed by atoms with E-state index in [1.807, 2.05) is 7.05 Å². The number of halogens is 1. The highest BCUT2D eigenvalue weighted by Gasteiger charge is 2.26. The summed E-state index contributed by atoms with van der Waals surface area (Å²) in [5.41, 5.74) is 6.43. The van der Waals surface area contributed by atoms with E-state index in [0.29, 0.717) is 18.2 Å². The zero-order chi connectivity index (χ0) is 14.9. The molecule has 0 unspecified atom stereocenters. The van der Waals surface area contributed by atoms with Crippen molar-refractivity contribution in [2.45, 2.75) is 30.7 Å². The van der Waals surface area contributed by atoms with Gasteiger partial charge in [0.2, 0.25) is 10.0 Å². The van der Waals surface area contributed by atoms with E-state index >= 15 is 0 Å². The topological polar surface area (TPSA) is 75.4 Å². The summed E-state index contributed by atoms with van der Waals surface area (Å²) in [5, 5.41) is 0. The maximum Gasteiger partial charge on any atom is 0.243 e. The van der Waals surface area contributed by atoms with E-state index in [0.717, 1.165) is 25.0 Å². The minimum Gasteiger partial charge on any atom is -0.398 e. The predicted octanol–water partition coefficient (Wildman–Crippen LogP) is 1.09. The summed E-state index contributed by atoms with van der Waals surface area (Å²) in [6, 6.07) is 2.86. The number of aryl methyl sites for hydroxylation is 1. The molecular formula is C13H20FN3O2S. The highest BCUT2D eigenvalue weighted by Crippen LogP contribution is 2.25. The van der Waals surface area contributed by atoms with Crippen LogP contribution in [0.3, 0.4) is 0 Å². The Morgan fingerprint density at radius 3 is 2.70 bits per heavy atom. The summed E-state index contributed by atoms with van der Waals surface area (Å²) in [7, 11) is -1.91. The van der Waals surface area contributed by atoms with Gasteiger partial charge in [0.15, 0.2) is 0 Å². The normalized spacial score (nSPS) is 15.8. The van der Waals surface area contributed by atoms with Gasteiger partial charge < -0.3 is 10.6 Å². The average molecular weight is 301 g/mol. The number of sulfonamides is 1. The molecule has 1 saturated carbocycles. The number of nitrogens with one attached hydrogen (secondary N) is 1. The third-order valence-electron chi connectivity index (χ3n) is 3.54. The van der Waals surface area contributed by atoms with Crippen molar-refractivity contribution in [1.82, 2.24) is 9.62 Å². The molecule has 1 aliphatic rings. The van der Waals surface area contributed by atoms with Gasteiger partial charge >= 0.3 is 0 Å². The fourth-order valence-electron chi connectivity index (χ4n) is 2.01. The number of hydrogen-bond acceptors (Lipinski definition) is 4. The van der Waals surface area contributed by atoms with Gasteiger partial charge in [0.1, 0.15) is 10.7 Å². The zero-order valence-corrected chi connectivity index (χ0v) is 12.5. The quantitative estimate of drug-likeness (QED) is 0.771. The predicted molar refractivity (Wildman–Crippen MR) is 76.4 cm³/mol. The van der Waals surface area contributed by atoms with E-state index in [1.165, 1.54) is 0 Å². The molecule has 0 radical (unpaired) electrons. The lowest BCUT2D eigenvalue weighted by Gasteiger charge is -2.16. The van der Waals surface area contributed by atoms with E-state index in [2.05, 4.69) is 9.62 Å². The molecular weight excluding hydrogens is 281 g/mol. The summed E-state index contributed by atoms with van der Waals surface area (Å²) in [6.45, 7) is 2.49. The standard InChI is InChI=1S/C13H20FN3O2S/c1-9-7-11(14)13(8-12(9)15)20(18,19)16-5-6-17(2)10-3-4-10/h7-8,10,16H,3-6,15H2,1-2H3. The highest BCUT2D eigenvalue weighted by molar-refractivity contribution is 7.89. The van der Waals surface area contributed by atoms with Crippen LogP contribution in [-0.4, -0.2) is 39.5 Å². The van der Waals surface area contributed by atoms with Crippen molar-refractivity contribution >= 4 is 15.7 Å². The molecule has 0 saturated heterocycles. The number of nitrogens with two attached hydrogens (primary N) is 1. The molecule has 5 nitrogen and oxygen atoms in total. The smallest absolute Gasteiger partial charge is 0.243 e. The molecule has 1 aliphatic carbocycles. The summed E-state index contributed by atoms with van der Waals surface area (Å²) in [6.07, 6.45) is 2.32. The molecule has 0 aliphatic heterocycles. The fraction of sp³-hybridized carbons (Fsp3) is 0.538. The molecule has 3 N–H and O–H groups in total. The summed E-state index contributed by atoms with van der Waals surface area (Å²) < 4.78 is 40.3. The fourth-order valence-corrected chi connectivity index (χ4v) is 3.12. The lowest BCUT2D eigenvalue weighted by molar-refractivity contribution is 0.329. The van der Waals surface area contributed by atoms with E-state index in [-0.39, 0.29) is 12.2 Å². The number of rotatable bonds is 6. The monoisotopic (exact) mass is 301 g/mol. The van der Waals surface area contributed by atoms with E-state index in [9.17, 15) is 12.8 Å². The van der Waals surface area contributed by atoms with Crippen LogP contribution in [0, 0.1) is 12.7 Å². The van der Waals surface area contributed by atoms with E-state index < -0.39 is 20.7 Å². The molecule has 1 aromatic rings. The number of benzene rings is 1. The Hall–Kier alpha value is -1.18. The van der Waals surface area contributed by atoms with Gasteiger partial charge in [0.25, 0.3) is 0 Å². The largest absolute Gasteiger partial charge is 0.398 e. The number of likely N-dealkylation sites (N-methyl/N-ethyl adjacent to an activating group) is 1. The van der Waals surface area contributed by atoms with Crippen molar-refractivity contribution in [1.29, 1.82) is 0 Å². The van der Waals surface area contributed by atoms with Gasteiger partial charge in [0.05, 0.1) is 0 Å². The Bertz CT molecular complexity index is 600. The Morgan fingerprint density at radius 2 is 2.10 bits per heavy atom. The molecule has 112 valence electrons. The van der Waals surface area contributed by atoms with Gasteiger partial charge in [-0.3, -0.25) is 0 Å². The lowest BCUT2D eigenvalue weighted by atomic mass is 10.2. The van der Waals surface area contributed by atoms with E-state index in [4.69, 9.17) is 5.73 Å². The van der Waals surface area contributed by atoms with Crippen LogP contribution in [0.4, 0.5) is 10.1 Å². The summed E-state index contributed by atoms with van der Waals surface area (Å²) in [5.74, 6) is -0.778. The van der Waals surface area contributed by atoms with Crippen molar-refractivity contribution < 1.29 is 12.8 Å². The second kappa shape index (κ2) is 5.67. The second-order valence-electron chi connectivity index (χ2n) is 5.25. The van der Waals surface area contributed by atoms with Gasteiger partial charge in [-0.1, -0.05) is 0 Å². The van der Waals surface area contributed by atoms with Crippen LogP contribution in [0.25, 0.3) is 0 Å². The molecule has 0 bridgehead atoms. The molecule has 20 heavy (non-hydrogen) atoms. The molecule has 0 amide bonds. The van der Waals surface area contributed by atoms with Crippen molar-refractivity contribution in [2.24, 2.45) is 0 Å². The first-order valence-electron chi connectivity index (χ1n) is 6.57. The zero-order valence-electron chi connectivity index (χ0n) is 11.7. The van der Waals surface area contributed by atoms with Gasteiger partial charge in [0, 0.05) is 24.8 Å². The average Bonchev–Trinajstić information content (AvgIpc) is 3.17.